The molecule has 0 radical (unpaired) electrons. The van der Waals surface area contributed by atoms with E-state index >= 15 is 0 Å². The number of aliphatic hydroxyl groups is 2. The zero-order valence-electron chi connectivity index (χ0n) is 12.0. The first-order valence-corrected chi connectivity index (χ1v) is 6.84. The molecule has 0 bridgehead atoms. The van der Waals surface area contributed by atoms with Crippen molar-refractivity contribution in [1.29, 1.82) is 0 Å². The van der Waals surface area contributed by atoms with E-state index < -0.39 is 17.4 Å². The summed E-state index contributed by atoms with van der Waals surface area (Å²) in [6.45, 7) is 3.31. The van der Waals surface area contributed by atoms with Crippen molar-refractivity contribution in [1.82, 2.24) is 0 Å². The molecule has 0 aromatic heterocycles. The van der Waals surface area contributed by atoms with Crippen LogP contribution in [0.2, 0.25) is 0 Å². The van der Waals surface area contributed by atoms with E-state index in [1.54, 1.807) is 62.4 Å². The molecule has 1 fully saturated rings. The molecule has 110 valence electrons. The fraction of sp³-hybridized carbons (Fsp3) is 0.294. The van der Waals surface area contributed by atoms with E-state index in [4.69, 9.17) is 9.47 Å². The topological polar surface area (TPSA) is 58.9 Å². The van der Waals surface area contributed by atoms with Gasteiger partial charge in [0.1, 0.15) is 0 Å². The van der Waals surface area contributed by atoms with Gasteiger partial charge in [-0.25, -0.2) is 0 Å². The maximum atomic E-state index is 11.1. The quantitative estimate of drug-likeness (QED) is 0.890. The van der Waals surface area contributed by atoms with Gasteiger partial charge in [0.25, 0.3) is 11.6 Å². The highest BCUT2D eigenvalue weighted by Crippen LogP contribution is 2.52. The number of hydrogen-bond acceptors (Lipinski definition) is 4. The van der Waals surface area contributed by atoms with Crippen molar-refractivity contribution >= 4 is 0 Å². The molecule has 2 aromatic carbocycles. The zero-order valence-corrected chi connectivity index (χ0v) is 12.0. The van der Waals surface area contributed by atoms with Gasteiger partial charge in [0.05, 0.1) is 0 Å². The summed E-state index contributed by atoms with van der Waals surface area (Å²) >= 11 is 0. The van der Waals surface area contributed by atoms with Gasteiger partial charge in [0, 0.05) is 11.1 Å². The molecule has 2 aromatic rings. The summed E-state index contributed by atoms with van der Waals surface area (Å²) in [6.07, 6.45) is 0. The summed E-state index contributed by atoms with van der Waals surface area (Å²) in [5, 5.41) is 22.1. The highest BCUT2D eigenvalue weighted by atomic mass is 16.9. The van der Waals surface area contributed by atoms with Crippen molar-refractivity contribution in [3.05, 3.63) is 71.8 Å². The van der Waals surface area contributed by atoms with E-state index in [0.717, 1.165) is 0 Å². The fourth-order valence-corrected chi connectivity index (χ4v) is 2.71. The van der Waals surface area contributed by atoms with Gasteiger partial charge in [-0.05, 0) is 13.8 Å². The molecule has 4 heteroatoms. The molecule has 1 saturated heterocycles. The summed E-state index contributed by atoms with van der Waals surface area (Å²) in [4.78, 5) is 0. The minimum absolute atomic E-state index is 0.432. The first kappa shape index (κ1) is 14.2. The Kier molecular flexibility index (Phi) is 3.15. The Hall–Kier alpha value is -1.72. The third-order valence-electron chi connectivity index (χ3n) is 3.58. The Morgan fingerprint density at radius 1 is 0.667 bits per heavy atom. The van der Waals surface area contributed by atoms with Crippen LogP contribution in [0.1, 0.15) is 25.0 Å². The molecule has 2 atom stereocenters. The van der Waals surface area contributed by atoms with Gasteiger partial charge < -0.3 is 19.7 Å². The largest absolute Gasteiger partial charge is 0.357 e. The molecular weight excluding hydrogens is 268 g/mol. The molecule has 1 aliphatic heterocycles. The highest BCUT2D eigenvalue weighted by Gasteiger charge is 2.65. The van der Waals surface area contributed by atoms with Crippen LogP contribution in [-0.4, -0.2) is 16.0 Å². The van der Waals surface area contributed by atoms with Crippen LogP contribution in [0.5, 0.6) is 0 Å². The van der Waals surface area contributed by atoms with E-state index in [0.29, 0.717) is 11.1 Å². The summed E-state index contributed by atoms with van der Waals surface area (Å²) in [7, 11) is 0. The van der Waals surface area contributed by atoms with E-state index in [-0.39, 0.29) is 0 Å². The first-order chi connectivity index (χ1) is 9.87. The number of benzene rings is 2. The monoisotopic (exact) mass is 286 g/mol. The van der Waals surface area contributed by atoms with Crippen LogP contribution < -0.4 is 0 Å². The predicted molar refractivity (Wildman–Crippen MR) is 76.9 cm³/mol. The van der Waals surface area contributed by atoms with Gasteiger partial charge in [-0.1, -0.05) is 60.7 Å². The van der Waals surface area contributed by atoms with Gasteiger partial charge in [-0.15, -0.1) is 0 Å². The van der Waals surface area contributed by atoms with Crippen LogP contribution in [0.25, 0.3) is 0 Å². The van der Waals surface area contributed by atoms with Gasteiger partial charge in [0.2, 0.25) is 0 Å². The van der Waals surface area contributed by atoms with E-state index in [1.807, 2.05) is 12.1 Å². The number of ether oxygens (including phenoxy) is 2. The smallest absolute Gasteiger partial charge is 0.255 e. The second-order valence-electron chi connectivity index (χ2n) is 5.62. The van der Waals surface area contributed by atoms with Crippen molar-refractivity contribution in [2.75, 3.05) is 0 Å². The maximum Gasteiger partial charge on any atom is 0.255 e. The molecule has 4 nitrogen and oxygen atoms in total. The molecule has 0 unspecified atom stereocenters. The number of rotatable bonds is 2. The molecule has 0 aliphatic carbocycles. The lowest BCUT2D eigenvalue weighted by atomic mass is 9.91. The Morgan fingerprint density at radius 2 is 1.00 bits per heavy atom. The van der Waals surface area contributed by atoms with Crippen LogP contribution in [0.15, 0.2) is 60.7 Å². The summed E-state index contributed by atoms with van der Waals surface area (Å²) in [5.74, 6) is -5.10. The average molecular weight is 286 g/mol. The molecule has 21 heavy (non-hydrogen) atoms. The number of hydrogen-bond donors (Lipinski definition) is 2. The Balaban J connectivity index is 2.18. The third-order valence-corrected chi connectivity index (χ3v) is 3.58. The molecule has 3 rings (SSSR count). The third kappa shape index (κ3) is 2.17. The normalized spacial score (nSPS) is 31.2. The van der Waals surface area contributed by atoms with Crippen LogP contribution in [0.4, 0.5) is 0 Å². The van der Waals surface area contributed by atoms with Crippen molar-refractivity contribution in [2.45, 2.75) is 31.2 Å². The van der Waals surface area contributed by atoms with Crippen LogP contribution in [-0.2, 0) is 21.0 Å². The van der Waals surface area contributed by atoms with Crippen molar-refractivity contribution in [2.24, 2.45) is 0 Å². The lowest BCUT2D eigenvalue weighted by Crippen LogP contribution is -2.47. The molecule has 2 N–H and O–H groups in total. The van der Waals surface area contributed by atoms with Gasteiger partial charge >= 0.3 is 0 Å². The lowest BCUT2D eigenvalue weighted by Gasteiger charge is -2.34. The standard InChI is InChI=1S/C17H18O4/c1-15(2)20-16(18,13-9-5-3-6-10-13)17(19,21-15)14-11-7-4-8-12-14/h3-12,18-19H,1-2H3/t16-,17-/m1/s1. The first-order valence-electron chi connectivity index (χ1n) is 6.84. The van der Waals surface area contributed by atoms with Gasteiger partial charge in [-0.2, -0.15) is 0 Å². The van der Waals surface area contributed by atoms with Crippen molar-refractivity contribution < 1.29 is 19.7 Å². The zero-order chi connectivity index (χ0) is 15.1. The highest BCUT2D eigenvalue weighted by molar-refractivity contribution is 5.31. The van der Waals surface area contributed by atoms with Gasteiger partial charge in [0.15, 0.2) is 5.79 Å². The fourth-order valence-electron chi connectivity index (χ4n) is 2.71. The van der Waals surface area contributed by atoms with Crippen LogP contribution >= 0.6 is 0 Å². The van der Waals surface area contributed by atoms with Crippen molar-refractivity contribution in [3.63, 3.8) is 0 Å². The average Bonchev–Trinajstić information content (AvgIpc) is 2.68. The molecule has 1 heterocycles. The predicted octanol–water partition coefficient (Wildman–Crippen LogP) is 2.46. The second kappa shape index (κ2) is 4.64. The maximum absolute atomic E-state index is 11.1. The summed E-state index contributed by atoms with van der Waals surface area (Å²) in [5.41, 5.74) is 0.865. The summed E-state index contributed by atoms with van der Waals surface area (Å²) in [6, 6.07) is 17.5. The molecule has 0 spiro atoms. The Bertz CT molecular complexity index is 570. The minimum Gasteiger partial charge on any atom is -0.357 e. The van der Waals surface area contributed by atoms with E-state index in [1.165, 1.54) is 0 Å². The van der Waals surface area contributed by atoms with E-state index in [2.05, 4.69) is 0 Å². The SMILES string of the molecule is CC1(C)O[C@](O)(c2ccccc2)[C@@](O)(c2ccccc2)O1. The molecule has 1 aliphatic rings. The van der Waals surface area contributed by atoms with Crippen LogP contribution in [0, 0.1) is 0 Å². The molecule has 0 saturated carbocycles. The second-order valence-corrected chi connectivity index (χ2v) is 5.62. The minimum atomic E-state index is -1.99. The summed E-state index contributed by atoms with van der Waals surface area (Å²) < 4.78 is 11.4. The lowest BCUT2D eigenvalue weighted by molar-refractivity contribution is -0.311. The van der Waals surface area contributed by atoms with Gasteiger partial charge in [-0.3, -0.25) is 0 Å². The van der Waals surface area contributed by atoms with E-state index in [9.17, 15) is 10.2 Å². The Morgan fingerprint density at radius 3 is 1.33 bits per heavy atom. The van der Waals surface area contributed by atoms with Crippen LogP contribution in [0.3, 0.4) is 0 Å². The Labute approximate surface area is 123 Å². The van der Waals surface area contributed by atoms with Crippen molar-refractivity contribution in [3.8, 4) is 0 Å². The molecule has 0 amide bonds. The molecular formula is C17H18O4.